The highest BCUT2D eigenvalue weighted by Gasteiger charge is 2.03. The van der Waals surface area contributed by atoms with E-state index in [1.54, 1.807) is 0 Å². The van der Waals surface area contributed by atoms with Gasteiger partial charge in [-0.05, 0) is 19.3 Å². The first kappa shape index (κ1) is 40.4. The van der Waals surface area contributed by atoms with Gasteiger partial charge in [0.15, 0.2) is 0 Å². The van der Waals surface area contributed by atoms with E-state index in [9.17, 15) is 4.79 Å². The highest BCUT2D eigenvalue weighted by Crippen LogP contribution is 2.16. The van der Waals surface area contributed by atoms with E-state index < -0.39 is 0 Å². The SMILES string of the molecule is CCCCCCCCCCCCCCCCCCCCOC(=O)CCCCCCCCCCCCCCCCCO. The summed E-state index contributed by atoms with van der Waals surface area (Å²) in [6.45, 7) is 3.27. The lowest BCUT2D eigenvalue weighted by molar-refractivity contribution is -0.143. The van der Waals surface area contributed by atoms with E-state index in [0.29, 0.717) is 19.6 Å². The van der Waals surface area contributed by atoms with E-state index in [-0.39, 0.29) is 5.97 Å². The molecule has 3 heteroatoms. The van der Waals surface area contributed by atoms with E-state index in [4.69, 9.17) is 9.84 Å². The van der Waals surface area contributed by atoms with Crippen molar-refractivity contribution in [2.45, 2.75) is 225 Å². The smallest absolute Gasteiger partial charge is 0.305 e. The molecule has 0 aromatic heterocycles. The maximum atomic E-state index is 11.9. The summed E-state index contributed by atoms with van der Waals surface area (Å²) in [4.78, 5) is 11.9. The number of carbonyl (C=O) groups is 1. The molecule has 0 saturated carbocycles. The van der Waals surface area contributed by atoms with Gasteiger partial charge in [0, 0.05) is 13.0 Å². The van der Waals surface area contributed by atoms with Gasteiger partial charge in [-0.3, -0.25) is 4.79 Å². The highest BCUT2D eigenvalue weighted by atomic mass is 16.5. The number of rotatable bonds is 36. The standard InChI is InChI=1S/C38H76O3/c1-2-3-4-5-6-7-8-9-10-11-12-16-19-22-25-28-31-34-37-41-38(40)35-32-29-26-23-20-17-14-13-15-18-21-24-27-30-33-36-39/h39H,2-37H2,1H3. The van der Waals surface area contributed by atoms with Gasteiger partial charge < -0.3 is 9.84 Å². The molecule has 0 unspecified atom stereocenters. The third-order valence-electron chi connectivity index (χ3n) is 8.80. The number of carbonyl (C=O) groups excluding carboxylic acids is 1. The molecular formula is C38H76O3. The Hall–Kier alpha value is -0.570. The Morgan fingerprint density at radius 1 is 0.390 bits per heavy atom. The van der Waals surface area contributed by atoms with Crippen molar-refractivity contribution in [2.24, 2.45) is 0 Å². The van der Waals surface area contributed by atoms with Crippen LogP contribution in [0.25, 0.3) is 0 Å². The molecule has 0 aliphatic rings. The van der Waals surface area contributed by atoms with Crippen molar-refractivity contribution < 1.29 is 14.6 Å². The molecule has 0 rings (SSSR count). The molecule has 0 aromatic rings. The van der Waals surface area contributed by atoms with Crippen LogP contribution >= 0.6 is 0 Å². The lowest BCUT2D eigenvalue weighted by Gasteiger charge is -2.06. The molecule has 0 heterocycles. The maximum Gasteiger partial charge on any atom is 0.305 e. The molecule has 1 N–H and O–H groups in total. The number of aliphatic hydroxyl groups excluding tert-OH is 1. The first-order valence-corrected chi connectivity index (χ1v) is 19.1. The molecule has 3 nitrogen and oxygen atoms in total. The number of ether oxygens (including phenoxy) is 1. The van der Waals surface area contributed by atoms with Crippen LogP contribution in [0.2, 0.25) is 0 Å². The molecule has 0 bridgehead atoms. The molecule has 0 aliphatic heterocycles. The van der Waals surface area contributed by atoms with Crippen LogP contribution in [-0.4, -0.2) is 24.3 Å². The summed E-state index contributed by atoms with van der Waals surface area (Å²) in [5.41, 5.74) is 0. The Labute approximate surface area is 258 Å². The van der Waals surface area contributed by atoms with Gasteiger partial charge in [0.25, 0.3) is 0 Å². The zero-order valence-electron chi connectivity index (χ0n) is 28.2. The Kier molecular flexibility index (Phi) is 36.9. The second kappa shape index (κ2) is 37.5. The molecule has 0 fully saturated rings. The molecule has 0 spiro atoms. The first-order chi connectivity index (χ1) is 20.3. The first-order valence-electron chi connectivity index (χ1n) is 19.1. The predicted molar refractivity (Wildman–Crippen MR) is 181 cm³/mol. The summed E-state index contributed by atoms with van der Waals surface area (Å²) < 4.78 is 5.45. The van der Waals surface area contributed by atoms with Gasteiger partial charge >= 0.3 is 5.97 Å². The lowest BCUT2D eigenvalue weighted by atomic mass is 10.0. The van der Waals surface area contributed by atoms with Crippen LogP contribution in [0.1, 0.15) is 225 Å². The van der Waals surface area contributed by atoms with Gasteiger partial charge in [0.1, 0.15) is 0 Å². The van der Waals surface area contributed by atoms with E-state index in [0.717, 1.165) is 19.3 Å². The van der Waals surface area contributed by atoms with Crippen molar-refractivity contribution >= 4 is 5.97 Å². The molecule has 0 radical (unpaired) electrons. The molecule has 0 amide bonds. The number of hydrogen-bond acceptors (Lipinski definition) is 3. The van der Waals surface area contributed by atoms with E-state index in [1.807, 2.05) is 0 Å². The van der Waals surface area contributed by atoms with Crippen molar-refractivity contribution in [2.75, 3.05) is 13.2 Å². The number of hydrogen-bond donors (Lipinski definition) is 1. The summed E-state index contributed by atoms with van der Waals surface area (Å²) in [7, 11) is 0. The van der Waals surface area contributed by atoms with Crippen molar-refractivity contribution in [3.63, 3.8) is 0 Å². The summed E-state index contributed by atoms with van der Waals surface area (Å²) in [5.74, 6) is 0.0189. The van der Waals surface area contributed by atoms with Gasteiger partial charge in [-0.15, -0.1) is 0 Å². The Bertz CT molecular complexity index is 478. The van der Waals surface area contributed by atoms with Crippen molar-refractivity contribution in [3.05, 3.63) is 0 Å². The van der Waals surface area contributed by atoms with Crippen molar-refractivity contribution in [3.8, 4) is 0 Å². The van der Waals surface area contributed by atoms with Crippen LogP contribution in [0.15, 0.2) is 0 Å². The third-order valence-corrected chi connectivity index (χ3v) is 8.80. The van der Waals surface area contributed by atoms with Crippen LogP contribution in [0, 0.1) is 0 Å². The van der Waals surface area contributed by atoms with Crippen molar-refractivity contribution in [1.82, 2.24) is 0 Å². The van der Waals surface area contributed by atoms with Crippen LogP contribution in [0.3, 0.4) is 0 Å². The van der Waals surface area contributed by atoms with Gasteiger partial charge in [-0.25, -0.2) is 0 Å². The lowest BCUT2D eigenvalue weighted by Crippen LogP contribution is -2.05. The second-order valence-corrected chi connectivity index (χ2v) is 13.0. The van der Waals surface area contributed by atoms with Gasteiger partial charge in [0.05, 0.1) is 6.61 Å². The van der Waals surface area contributed by atoms with Crippen molar-refractivity contribution in [1.29, 1.82) is 0 Å². The normalized spacial score (nSPS) is 11.4. The Morgan fingerprint density at radius 2 is 0.659 bits per heavy atom. The van der Waals surface area contributed by atoms with E-state index >= 15 is 0 Å². The largest absolute Gasteiger partial charge is 0.466 e. The second-order valence-electron chi connectivity index (χ2n) is 13.0. The van der Waals surface area contributed by atoms with Crippen LogP contribution in [-0.2, 0) is 9.53 Å². The highest BCUT2D eigenvalue weighted by molar-refractivity contribution is 5.69. The average Bonchev–Trinajstić information content (AvgIpc) is 2.98. The average molecular weight is 581 g/mol. The summed E-state index contributed by atoms with van der Waals surface area (Å²) in [6.07, 6.45) is 44.7. The quantitative estimate of drug-likeness (QED) is 0.0592. The zero-order chi connectivity index (χ0) is 29.7. The Morgan fingerprint density at radius 3 is 0.976 bits per heavy atom. The molecule has 0 aliphatic carbocycles. The van der Waals surface area contributed by atoms with Crippen LogP contribution in [0.4, 0.5) is 0 Å². The monoisotopic (exact) mass is 581 g/mol. The predicted octanol–water partition coefficient (Wildman–Crippen LogP) is 12.8. The van der Waals surface area contributed by atoms with Crippen LogP contribution in [0.5, 0.6) is 0 Å². The molecular weight excluding hydrogens is 504 g/mol. The number of aliphatic hydroxyl groups is 1. The fourth-order valence-corrected chi connectivity index (χ4v) is 5.94. The summed E-state index contributed by atoms with van der Waals surface area (Å²) in [5, 5.41) is 8.78. The molecule has 0 atom stereocenters. The molecule has 0 saturated heterocycles. The summed E-state index contributed by atoms with van der Waals surface area (Å²) >= 11 is 0. The minimum Gasteiger partial charge on any atom is -0.466 e. The fraction of sp³-hybridized carbons (Fsp3) is 0.974. The molecule has 0 aromatic carbocycles. The van der Waals surface area contributed by atoms with Gasteiger partial charge in [-0.2, -0.15) is 0 Å². The number of esters is 1. The van der Waals surface area contributed by atoms with E-state index in [1.165, 1.54) is 193 Å². The zero-order valence-corrected chi connectivity index (χ0v) is 28.2. The molecule has 41 heavy (non-hydrogen) atoms. The minimum absolute atomic E-state index is 0.0189. The van der Waals surface area contributed by atoms with Crippen LogP contribution < -0.4 is 0 Å². The minimum atomic E-state index is 0.0189. The number of unbranched alkanes of at least 4 members (excludes halogenated alkanes) is 31. The van der Waals surface area contributed by atoms with E-state index in [2.05, 4.69) is 6.92 Å². The summed E-state index contributed by atoms with van der Waals surface area (Å²) in [6, 6.07) is 0. The fourth-order valence-electron chi connectivity index (χ4n) is 5.94. The maximum absolute atomic E-state index is 11.9. The topological polar surface area (TPSA) is 46.5 Å². The van der Waals surface area contributed by atoms with Gasteiger partial charge in [0.2, 0.25) is 0 Å². The molecule has 246 valence electrons. The third kappa shape index (κ3) is 37.4. The Balaban J connectivity index is 3.14. The van der Waals surface area contributed by atoms with Gasteiger partial charge in [-0.1, -0.05) is 200 Å².